The van der Waals surface area contributed by atoms with Gasteiger partial charge in [0.1, 0.15) is 5.82 Å². The zero-order chi connectivity index (χ0) is 12.3. The molecule has 0 aromatic heterocycles. The summed E-state index contributed by atoms with van der Waals surface area (Å²) in [5.41, 5.74) is 0.821. The van der Waals surface area contributed by atoms with Crippen LogP contribution in [0.3, 0.4) is 0 Å². The van der Waals surface area contributed by atoms with Crippen LogP contribution in [-0.4, -0.2) is 18.0 Å². The van der Waals surface area contributed by atoms with Crippen molar-refractivity contribution in [3.8, 4) is 6.07 Å². The van der Waals surface area contributed by atoms with Gasteiger partial charge in [-0.1, -0.05) is 11.6 Å². The number of rotatable bonds is 2. The third-order valence-electron chi connectivity index (χ3n) is 3.17. The monoisotopic (exact) mass is 252 g/mol. The van der Waals surface area contributed by atoms with Crippen LogP contribution in [0.2, 0.25) is 5.02 Å². The number of likely N-dealkylation sites (tertiary alicyclic amines) is 1. The fraction of sp³-hybridized carbons (Fsp3) is 0.462. The van der Waals surface area contributed by atoms with Crippen molar-refractivity contribution in [2.45, 2.75) is 19.4 Å². The minimum absolute atomic E-state index is 0.175. The quantitative estimate of drug-likeness (QED) is 0.808. The fourth-order valence-electron chi connectivity index (χ4n) is 2.13. The second-order valence-corrected chi connectivity index (χ2v) is 4.82. The summed E-state index contributed by atoms with van der Waals surface area (Å²) < 4.78 is 13.1. The zero-order valence-electron chi connectivity index (χ0n) is 9.50. The van der Waals surface area contributed by atoms with Crippen LogP contribution in [0.1, 0.15) is 18.4 Å². The van der Waals surface area contributed by atoms with E-state index in [9.17, 15) is 4.39 Å². The minimum Gasteiger partial charge on any atom is -0.299 e. The van der Waals surface area contributed by atoms with Crippen LogP contribution in [0.5, 0.6) is 0 Å². The second kappa shape index (κ2) is 5.48. The van der Waals surface area contributed by atoms with E-state index in [0.717, 1.165) is 31.5 Å². The van der Waals surface area contributed by atoms with Gasteiger partial charge in [0.05, 0.1) is 6.07 Å². The van der Waals surface area contributed by atoms with E-state index in [4.69, 9.17) is 16.9 Å². The Morgan fingerprint density at radius 3 is 2.76 bits per heavy atom. The molecule has 0 radical (unpaired) electrons. The van der Waals surface area contributed by atoms with E-state index >= 15 is 0 Å². The Morgan fingerprint density at radius 2 is 2.12 bits per heavy atom. The lowest BCUT2D eigenvalue weighted by molar-refractivity contribution is 0.198. The zero-order valence-corrected chi connectivity index (χ0v) is 10.3. The summed E-state index contributed by atoms with van der Waals surface area (Å²) in [5.74, 6) is -0.0782. The van der Waals surface area contributed by atoms with Crippen LogP contribution in [0.4, 0.5) is 4.39 Å². The first-order valence-electron chi connectivity index (χ1n) is 5.75. The molecule has 1 aromatic rings. The highest BCUT2D eigenvalue weighted by Gasteiger charge is 2.19. The predicted molar refractivity (Wildman–Crippen MR) is 65.0 cm³/mol. The number of nitriles is 1. The van der Waals surface area contributed by atoms with Gasteiger partial charge in [-0.25, -0.2) is 4.39 Å². The maximum Gasteiger partial charge on any atom is 0.123 e. The smallest absolute Gasteiger partial charge is 0.123 e. The van der Waals surface area contributed by atoms with Gasteiger partial charge in [0.25, 0.3) is 0 Å². The average molecular weight is 253 g/mol. The van der Waals surface area contributed by atoms with Crippen molar-refractivity contribution in [3.05, 3.63) is 34.6 Å². The van der Waals surface area contributed by atoms with Crippen molar-refractivity contribution < 1.29 is 4.39 Å². The molecule has 1 heterocycles. The van der Waals surface area contributed by atoms with Crippen LogP contribution in [0, 0.1) is 23.1 Å². The molecule has 1 aromatic carbocycles. The molecule has 1 fully saturated rings. The van der Waals surface area contributed by atoms with Crippen LogP contribution in [0.15, 0.2) is 18.2 Å². The maximum absolute atomic E-state index is 13.1. The molecular weight excluding hydrogens is 239 g/mol. The van der Waals surface area contributed by atoms with E-state index in [-0.39, 0.29) is 11.7 Å². The second-order valence-electron chi connectivity index (χ2n) is 4.42. The topological polar surface area (TPSA) is 27.0 Å². The lowest BCUT2D eigenvalue weighted by Gasteiger charge is -2.29. The van der Waals surface area contributed by atoms with Crippen LogP contribution < -0.4 is 0 Å². The van der Waals surface area contributed by atoms with E-state index in [1.54, 1.807) is 6.07 Å². The summed E-state index contributed by atoms with van der Waals surface area (Å²) >= 11 is 6.03. The first-order valence-corrected chi connectivity index (χ1v) is 6.12. The van der Waals surface area contributed by atoms with Gasteiger partial charge in [0, 0.05) is 17.5 Å². The molecule has 2 rings (SSSR count). The van der Waals surface area contributed by atoms with Crippen molar-refractivity contribution in [1.82, 2.24) is 4.90 Å². The summed E-state index contributed by atoms with van der Waals surface area (Å²) in [6.07, 6.45) is 1.78. The van der Waals surface area contributed by atoms with Gasteiger partial charge < -0.3 is 0 Å². The number of benzene rings is 1. The number of halogens is 2. The van der Waals surface area contributed by atoms with Crippen molar-refractivity contribution >= 4 is 11.6 Å². The molecule has 0 saturated carbocycles. The summed E-state index contributed by atoms with van der Waals surface area (Å²) in [6.45, 7) is 2.42. The Kier molecular flexibility index (Phi) is 3.98. The molecular formula is C13H14ClFN2. The SMILES string of the molecule is N#CC1CCN(Cc2cc(F)ccc2Cl)CC1. The van der Waals surface area contributed by atoms with Gasteiger partial charge in [-0.15, -0.1) is 0 Å². The molecule has 4 heteroatoms. The molecule has 1 aliphatic heterocycles. The van der Waals surface area contributed by atoms with Crippen molar-refractivity contribution in [2.24, 2.45) is 5.92 Å². The van der Waals surface area contributed by atoms with Gasteiger partial charge >= 0.3 is 0 Å². The van der Waals surface area contributed by atoms with Crippen LogP contribution >= 0.6 is 11.6 Å². The Balaban J connectivity index is 1.98. The van der Waals surface area contributed by atoms with Gasteiger partial charge in [-0.05, 0) is 49.7 Å². The first-order chi connectivity index (χ1) is 8.19. The number of nitrogens with zero attached hydrogens (tertiary/aromatic N) is 2. The standard InChI is InChI=1S/C13H14ClFN2/c14-13-2-1-12(15)7-11(13)9-17-5-3-10(8-16)4-6-17/h1-2,7,10H,3-6,9H2. The highest BCUT2D eigenvalue weighted by Crippen LogP contribution is 2.22. The van der Waals surface area contributed by atoms with E-state index in [0.29, 0.717) is 11.6 Å². The molecule has 0 aliphatic carbocycles. The molecule has 17 heavy (non-hydrogen) atoms. The molecule has 0 amide bonds. The Morgan fingerprint density at radius 1 is 1.41 bits per heavy atom. The number of hydrogen-bond acceptors (Lipinski definition) is 2. The third-order valence-corrected chi connectivity index (χ3v) is 3.54. The fourth-order valence-corrected chi connectivity index (χ4v) is 2.30. The molecule has 0 unspecified atom stereocenters. The molecule has 0 atom stereocenters. The van der Waals surface area contributed by atoms with Gasteiger partial charge in [0.2, 0.25) is 0 Å². The van der Waals surface area contributed by atoms with E-state index < -0.39 is 0 Å². The van der Waals surface area contributed by atoms with E-state index in [1.807, 2.05) is 0 Å². The average Bonchev–Trinajstić information content (AvgIpc) is 2.35. The Bertz CT molecular complexity index is 434. The summed E-state index contributed by atoms with van der Waals surface area (Å²) in [5, 5.41) is 9.41. The highest BCUT2D eigenvalue weighted by molar-refractivity contribution is 6.31. The molecule has 1 saturated heterocycles. The van der Waals surface area contributed by atoms with Crippen LogP contribution in [0.25, 0.3) is 0 Å². The van der Waals surface area contributed by atoms with E-state index in [1.165, 1.54) is 12.1 Å². The van der Waals surface area contributed by atoms with Crippen LogP contribution in [-0.2, 0) is 6.54 Å². The Hall–Kier alpha value is -1.11. The number of piperidine rings is 1. The lowest BCUT2D eigenvalue weighted by atomic mass is 9.98. The molecule has 0 spiro atoms. The van der Waals surface area contributed by atoms with Gasteiger partial charge in [-0.3, -0.25) is 4.90 Å². The molecule has 0 bridgehead atoms. The molecule has 0 N–H and O–H groups in total. The van der Waals surface area contributed by atoms with Gasteiger partial charge in [0.15, 0.2) is 0 Å². The molecule has 90 valence electrons. The maximum atomic E-state index is 13.1. The van der Waals surface area contributed by atoms with Gasteiger partial charge in [-0.2, -0.15) is 5.26 Å². The van der Waals surface area contributed by atoms with E-state index in [2.05, 4.69) is 11.0 Å². The first kappa shape index (κ1) is 12.3. The predicted octanol–water partition coefficient (Wildman–Crippen LogP) is 3.21. The lowest BCUT2D eigenvalue weighted by Crippen LogP contribution is -2.32. The summed E-state index contributed by atoms with van der Waals surface area (Å²) in [6, 6.07) is 6.74. The summed E-state index contributed by atoms with van der Waals surface area (Å²) in [7, 11) is 0. The Labute approximate surface area is 106 Å². The molecule has 1 aliphatic rings. The molecule has 2 nitrogen and oxygen atoms in total. The normalized spacial score (nSPS) is 17.9. The van der Waals surface area contributed by atoms with Crippen molar-refractivity contribution in [1.29, 1.82) is 5.26 Å². The summed E-state index contributed by atoms with van der Waals surface area (Å²) in [4.78, 5) is 2.22. The third kappa shape index (κ3) is 3.18. The highest BCUT2D eigenvalue weighted by atomic mass is 35.5. The minimum atomic E-state index is -0.253. The largest absolute Gasteiger partial charge is 0.299 e. The number of hydrogen-bond donors (Lipinski definition) is 0. The van der Waals surface area contributed by atoms with Crippen molar-refractivity contribution in [3.63, 3.8) is 0 Å². The van der Waals surface area contributed by atoms with Crippen molar-refractivity contribution in [2.75, 3.05) is 13.1 Å².